The Balaban J connectivity index is 1.55. The first-order chi connectivity index (χ1) is 16.3. The summed E-state index contributed by atoms with van der Waals surface area (Å²) in [4.78, 5) is 20.7. The van der Waals surface area contributed by atoms with E-state index in [1.165, 1.54) is 5.56 Å². The number of thiophene rings is 1. The first-order valence-corrected chi connectivity index (χ1v) is 11.8. The molecule has 0 spiro atoms. The quantitative estimate of drug-likeness (QED) is 0.214. The second kappa shape index (κ2) is 11.8. The maximum absolute atomic E-state index is 13.4. The van der Waals surface area contributed by atoms with Crippen molar-refractivity contribution in [3.63, 3.8) is 0 Å². The van der Waals surface area contributed by atoms with Crippen LogP contribution in [0, 0.1) is 0 Å². The van der Waals surface area contributed by atoms with Gasteiger partial charge in [0.1, 0.15) is 0 Å². The lowest BCUT2D eigenvalue weighted by atomic mass is 9.98. The molecule has 0 bridgehead atoms. The van der Waals surface area contributed by atoms with Gasteiger partial charge in [-0.1, -0.05) is 96.2 Å². The summed E-state index contributed by atoms with van der Waals surface area (Å²) in [5.74, 6) is -0.101. The number of oxime groups is 1. The number of carbonyl (C=O) groups excluding carboxylic acids is 1. The highest BCUT2D eigenvalue weighted by Crippen LogP contribution is 2.29. The van der Waals surface area contributed by atoms with E-state index in [-0.39, 0.29) is 18.6 Å². The standard InChI is InChI=1S/C28H26N2O2S/c31-28(21-32-29-19-24-12-6-2-7-13-24)30(20-25-14-8-3-9-15-25)27(26-16-17-33-22-26)18-23-10-4-1-5-11-23/h1-17,19,22,27H,18,20-21H2/b29-19+/t27-/m1/s1. The van der Waals surface area contributed by atoms with Crippen LogP contribution in [0.1, 0.15) is 28.3 Å². The highest BCUT2D eigenvalue weighted by molar-refractivity contribution is 7.08. The molecule has 166 valence electrons. The molecule has 0 aliphatic heterocycles. The van der Waals surface area contributed by atoms with E-state index in [0.29, 0.717) is 6.54 Å². The van der Waals surface area contributed by atoms with Crippen LogP contribution in [-0.4, -0.2) is 23.6 Å². The summed E-state index contributed by atoms with van der Waals surface area (Å²) in [5, 5.41) is 8.18. The van der Waals surface area contributed by atoms with Crippen LogP contribution in [0.15, 0.2) is 113 Å². The molecule has 1 amide bonds. The van der Waals surface area contributed by atoms with Crippen molar-refractivity contribution in [2.45, 2.75) is 19.0 Å². The number of benzene rings is 3. The molecule has 1 heterocycles. The maximum Gasteiger partial charge on any atom is 0.264 e. The Morgan fingerprint density at radius 2 is 1.52 bits per heavy atom. The molecule has 0 radical (unpaired) electrons. The fraction of sp³-hybridized carbons (Fsp3) is 0.143. The van der Waals surface area contributed by atoms with Gasteiger partial charge in [-0.15, -0.1) is 0 Å². The minimum absolute atomic E-state index is 0.101. The lowest BCUT2D eigenvalue weighted by molar-refractivity contribution is -0.139. The van der Waals surface area contributed by atoms with Gasteiger partial charge in [-0.05, 0) is 45.5 Å². The third kappa shape index (κ3) is 6.64. The molecule has 33 heavy (non-hydrogen) atoms. The Labute approximate surface area is 198 Å². The van der Waals surface area contributed by atoms with Gasteiger partial charge in [0.25, 0.3) is 5.91 Å². The number of hydrogen-bond acceptors (Lipinski definition) is 4. The first kappa shape index (κ1) is 22.5. The van der Waals surface area contributed by atoms with E-state index >= 15 is 0 Å². The lowest BCUT2D eigenvalue weighted by Crippen LogP contribution is -2.37. The Hall–Kier alpha value is -3.70. The smallest absolute Gasteiger partial charge is 0.264 e. The predicted octanol–water partition coefficient (Wildman–Crippen LogP) is 6.11. The third-order valence-electron chi connectivity index (χ3n) is 5.36. The Kier molecular flexibility index (Phi) is 8.03. The average Bonchev–Trinajstić information content (AvgIpc) is 3.41. The van der Waals surface area contributed by atoms with Crippen LogP contribution in [0.5, 0.6) is 0 Å². The molecule has 0 saturated heterocycles. The Morgan fingerprint density at radius 3 is 2.15 bits per heavy atom. The number of rotatable bonds is 10. The summed E-state index contributed by atoms with van der Waals surface area (Å²) in [6.45, 7) is 0.379. The van der Waals surface area contributed by atoms with Crippen molar-refractivity contribution in [1.82, 2.24) is 4.90 Å². The fourth-order valence-corrected chi connectivity index (χ4v) is 4.38. The Morgan fingerprint density at radius 1 is 0.879 bits per heavy atom. The third-order valence-corrected chi connectivity index (χ3v) is 6.06. The molecule has 4 nitrogen and oxygen atoms in total. The van der Waals surface area contributed by atoms with Crippen LogP contribution in [-0.2, 0) is 22.6 Å². The van der Waals surface area contributed by atoms with Crippen LogP contribution in [0.3, 0.4) is 0 Å². The van der Waals surface area contributed by atoms with Crippen molar-refractivity contribution in [2.24, 2.45) is 5.16 Å². The molecule has 0 N–H and O–H groups in total. The van der Waals surface area contributed by atoms with Crippen molar-refractivity contribution in [2.75, 3.05) is 6.61 Å². The highest BCUT2D eigenvalue weighted by Gasteiger charge is 2.26. The normalized spacial score (nSPS) is 11.9. The van der Waals surface area contributed by atoms with E-state index in [4.69, 9.17) is 4.84 Å². The number of amides is 1. The molecule has 0 fully saturated rings. The topological polar surface area (TPSA) is 41.9 Å². The van der Waals surface area contributed by atoms with E-state index in [1.807, 2.05) is 83.8 Å². The van der Waals surface area contributed by atoms with Gasteiger partial charge in [0, 0.05) is 6.54 Å². The van der Waals surface area contributed by atoms with Gasteiger partial charge in [-0.25, -0.2) is 0 Å². The predicted molar refractivity (Wildman–Crippen MR) is 134 cm³/mol. The van der Waals surface area contributed by atoms with Gasteiger partial charge >= 0.3 is 0 Å². The minimum Gasteiger partial charge on any atom is -0.386 e. The molecular formula is C28H26N2O2S. The second-order valence-electron chi connectivity index (χ2n) is 7.69. The molecule has 1 aromatic heterocycles. The largest absolute Gasteiger partial charge is 0.386 e. The number of carbonyl (C=O) groups is 1. The van der Waals surface area contributed by atoms with Crippen molar-refractivity contribution in [3.05, 3.63) is 130 Å². The molecular weight excluding hydrogens is 428 g/mol. The number of hydrogen-bond donors (Lipinski definition) is 0. The van der Waals surface area contributed by atoms with Gasteiger partial charge in [-0.2, -0.15) is 11.3 Å². The van der Waals surface area contributed by atoms with E-state index in [9.17, 15) is 4.79 Å². The van der Waals surface area contributed by atoms with Gasteiger partial charge in [0.2, 0.25) is 0 Å². The summed E-state index contributed by atoms with van der Waals surface area (Å²) in [6.07, 6.45) is 2.35. The van der Waals surface area contributed by atoms with Crippen molar-refractivity contribution in [3.8, 4) is 0 Å². The molecule has 0 aliphatic rings. The first-order valence-electron chi connectivity index (χ1n) is 10.9. The maximum atomic E-state index is 13.4. The SMILES string of the molecule is O=C(CO/N=C/c1ccccc1)N(Cc1ccccc1)[C@H](Cc1ccccc1)c1ccsc1. The zero-order valence-electron chi connectivity index (χ0n) is 18.3. The molecule has 0 unspecified atom stereocenters. The summed E-state index contributed by atoms with van der Waals surface area (Å²) < 4.78 is 0. The van der Waals surface area contributed by atoms with Crippen LogP contribution < -0.4 is 0 Å². The average molecular weight is 455 g/mol. The van der Waals surface area contributed by atoms with Crippen molar-refractivity contribution in [1.29, 1.82) is 0 Å². The highest BCUT2D eigenvalue weighted by atomic mass is 32.1. The van der Waals surface area contributed by atoms with Gasteiger partial charge in [0.15, 0.2) is 6.61 Å². The molecule has 3 aromatic carbocycles. The van der Waals surface area contributed by atoms with Gasteiger partial charge < -0.3 is 9.74 Å². The van der Waals surface area contributed by atoms with E-state index in [0.717, 1.165) is 23.1 Å². The van der Waals surface area contributed by atoms with E-state index in [1.54, 1.807) is 17.6 Å². The van der Waals surface area contributed by atoms with Gasteiger partial charge in [0.05, 0.1) is 12.3 Å². The van der Waals surface area contributed by atoms with Crippen molar-refractivity contribution >= 4 is 23.5 Å². The summed E-state index contributed by atoms with van der Waals surface area (Å²) in [5.41, 5.74) is 4.31. The molecule has 0 aliphatic carbocycles. The molecule has 5 heteroatoms. The second-order valence-corrected chi connectivity index (χ2v) is 8.47. The summed E-state index contributed by atoms with van der Waals surface area (Å²) in [6, 6.07) is 32.0. The molecule has 4 aromatic rings. The lowest BCUT2D eigenvalue weighted by Gasteiger charge is -2.32. The fourth-order valence-electron chi connectivity index (χ4n) is 3.67. The monoisotopic (exact) mass is 454 g/mol. The van der Waals surface area contributed by atoms with E-state index < -0.39 is 0 Å². The van der Waals surface area contributed by atoms with Crippen LogP contribution >= 0.6 is 11.3 Å². The zero-order chi connectivity index (χ0) is 22.7. The van der Waals surface area contributed by atoms with Crippen LogP contribution in [0.4, 0.5) is 0 Å². The van der Waals surface area contributed by atoms with Crippen LogP contribution in [0.25, 0.3) is 0 Å². The zero-order valence-corrected chi connectivity index (χ0v) is 19.1. The summed E-state index contributed by atoms with van der Waals surface area (Å²) >= 11 is 1.64. The molecule has 1 atom stereocenters. The summed E-state index contributed by atoms with van der Waals surface area (Å²) in [7, 11) is 0. The minimum atomic E-state index is -0.119. The van der Waals surface area contributed by atoms with E-state index in [2.05, 4.69) is 34.1 Å². The van der Waals surface area contributed by atoms with Gasteiger partial charge in [-0.3, -0.25) is 4.79 Å². The van der Waals surface area contributed by atoms with Crippen LogP contribution in [0.2, 0.25) is 0 Å². The molecule has 0 saturated carbocycles. The molecule has 4 rings (SSSR count). The Bertz CT molecular complexity index is 1130. The van der Waals surface area contributed by atoms with Crippen molar-refractivity contribution < 1.29 is 9.63 Å². The number of nitrogens with zero attached hydrogens (tertiary/aromatic N) is 2.